The molecule has 0 unspecified atom stereocenters. The molecule has 0 fully saturated rings. The van der Waals surface area contributed by atoms with E-state index in [0.717, 1.165) is 0 Å². The number of hydrogen-bond acceptors (Lipinski definition) is 2. The number of allylic oxidation sites excluding steroid dienone is 4. The van der Waals surface area contributed by atoms with Gasteiger partial charge in [0.1, 0.15) is 0 Å². The van der Waals surface area contributed by atoms with Gasteiger partial charge in [-0.3, -0.25) is 0 Å². The van der Waals surface area contributed by atoms with Gasteiger partial charge in [-0.05, 0) is 0 Å². The fraction of sp³-hybridized carbons (Fsp3) is 0. The first-order chi connectivity index (χ1) is 64.7. The molecule has 10 bridgehead atoms. The van der Waals surface area contributed by atoms with Crippen molar-refractivity contribution in [2.45, 2.75) is 0 Å². The van der Waals surface area contributed by atoms with E-state index in [1.54, 1.807) is 0 Å². The van der Waals surface area contributed by atoms with Crippen LogP contribution in [-0.4, -0.2) is 39.4 Å². The molecule has 0 amide bonds. The second-order valence-electron chi connectivity index (χ2n) is 30.4. The molecule has 0 saturated carbocycles. The van der Waals surface area contributed by atoms with Gasteiger partial charge in [-0.2, -0.15) is 0 Å². The fourth-order valence-corrected chi connectivity index (χ4v) is 25.9. The van der Waals surface area contributed by atoms with Crippen LogP contribution in [0.25, 0.3) is 44.6 Å². The third-order valence-corrected chi connectivity index (χ3v) is 30.0. The van der Waals surface area contributed by atoms with Crippen molar-refractivity contribution in [3.05, 3.63) is 450 Å². The Morgan fingerprint density at radius 3 is 0.584 bits per heavy atom. The number of aromatic nitrogens is 6. The number of nitrogens with zero attached hydrogens (tertiary/aromatic N) is 5. The van der Waals surface area contributed by atoms with Gasteiger partial charge in [-0.15, -0.1) is 0 Å². The SMILES string of the molecule is Fc1c(F)c(F)c(C2=C3C=C4C(=N3)C(c3c(F)c(F)c(F)c(F)c3F)=c3ccc5n3P436C4=CC(=C(c7c(F)c(F)c(F)c(F)c7F)c7ccc([nH]7)C(c7c(F)c(F)c(F)c(F)c7F)=c7ccc([nH]7)=C(c7c(F)c(F)c(F)c(F)c7F)c7ccc2[nH]7)N=C4C(c2c(F)c(F)c(F)c(F)c2F)=c2ccc(n23)=C(c2c(F)c(F)c(F)c(F)c2F)c2ccc(n26)C=5c2c(F)c(F)c(F)c(F)c2F)c(F)c1F. The number of halogens is 40. The zero-order chi connectivity index (χ0) is 98.3. The van der Waals surface area contributed by atoms with E-state index >= 15 is 176 Å². The zero-order valence-electron chi connectivity index (χ0n) is 64.4. The van der Waals surface area contributed by atoms with Crippen LogP contribution in [0.5, 0.6) is 0 Å². The summed E-state index contributed by atoms with van der Waals surface area (Å²) in [5.41, 5.74) is -54.0. The third kappa shape index (κ3) is 10.5. The van der Waals surface area contributed by atoms with Crippen molar-refractivity contribution in [3.63, 3.8) is 0 Å². The van der Waals surface area contributed by atoms with Gasteiger partial charge in [0.25, 0.3) is 0 Å². The van der Waals surface area contributed by atoms with Crippen LogP contribution in [0.4, 0.5) is 176 Å². The summed E-state index contributed by atoms with van der Waals surface area (Å²) in [5, 5.41) is -13.7. The second-order valence-corrected chi connectivity index (χ2v) is 34.5. The summed E-state index contributed by atoms with van der Waals surface area (Å²) in [6.07, 6.45) is -0.138. The van der Waals surface area contributed by atoms with Crippen molar-refractivity contribution in [1.29, 1.82) is 0 Å². The van der Waals surface area contributed by atoms with E-state index in [1.165, 1.54) is 0 Å². The number of aromatic amines is 3. The first-order valence-electron chi connectivity index (χ1n) is 37.5. The topological polar surface area (TPSA) is 86.9 Å². The van der Waals surface area contributed by atoms with Crippen molar-refractivity contribution in [2.75, 3.05) is 0 Å². The van der Waals surface area contributed by atoms with Crippen LogP contribution < -0.4 is 32.1 Å². The molecule has 7 aliphatic heterocycles. The maximum atomic E-state index is 18.1. The minimum absolute atomic E-state index is 0.00101. The van der Waals surface area contributed by atoms with E-state index in [-0.39, 0.29) is 98.0 Å². The first-order valence-corrected chi connectivity index (χ1v) is 39.6. The van der Waals surface area contributed by atoms with Gasteiger partial charge < -0.3 is 0 Å². The number of aliphatic imine (C=N–C) groups is 2. The molecule has 13 heterocycles. The first kappa shape index (κ1) is 88.2. The standard InChI is InChI=1S/C88H17F40N8P/c89-47-39(48(90)64(106)79(121)63(47)105)31-15-1-2-16(129-15)32(40-49(91)65(107)80(122)66(108)50(40)92)18-4-6-20(131-18)34(42-53(95)69(111)82(124)70(112)54(42)96)22-14-30-88(133-22)38(46-61(103)77(119)86(128)78(120)62(46)104)28-12-10-26-36(44-57(99)73(115)84(126)74(116)58(44)100)24-8-7-23-35(43-55(97)71(113)83(125)72(114)56(43)98)25-9-11-27-37(45-59(101)75(117)85(127)76(118)60(45)102)87-29(137(30,134(23)24,135(25)27)136(26)28)13-21(132-87)33(19-5-3-17(31)130-19)41-51(93)67(109)81(123)68(110)52(41)94/h1-14,129-131H. The Morgan fingerprint density at radius 2 is 0.358 bits per heavy atom. The maximum absolute atomic E-state index is 18.1. The molecule has 21 rings (SSSR count). The summed E-state index contributed by atoms with van der Waals surface area (Å²) in [6, 6.07) is 2.40. The summed E-state index contributed by atoms with van der Waals surface area (Å²) in [4.78, 5) is 14.7. The number of nitrogens with one attached hydrogen (secondary N) is 3. The predicted molar refractivity (Wildman–Crippen MR) is 391 cm³/mol. The van der Waals surface area contributed by atoms with Crippen molar-refractivity contribution in [3.8, 4) is 0 Å². The van der Waals surface area contributed by atoms with Gasteiger partial charge in [0, 0.05) is 0 Å². The number of hydrogen-bond donors (Lipinski definition) is 3. The number of rotatable bonds is 8. The third-order valence-electron chi connectivity index (χ3n) is 24.0. The number of benzene rings is 8. The molecular weight excluding hydrogens is 1960 g/mol. The average molecular weight is 1980 g/mol. The van der Waals surface area contributed by atoms with Crippen molar-refractivity contribution < 1.29 is 176 Å². The molecule has 3 N–H and O–H groups in total. The van der Waals surface area contributed by atoms with E-state index in [4.69, 9.17) is 0 Å². The Labute approximate surface area is 724 Å². The second kappa shape index (κ2) is 28.8. The molecule has 49 heteroatoms. The average Bonchev–Trinajstić information content (AvgIpc) is 1.45. The zero-order valence-corrected chi connectivity index (χ0v) is 65.3. The monoisotopic (exact) mass is 1980 g/mol. The van der Waals surface area contributed by atoms with Crippen LogP contribution in [0, 0.1) is 233 Å². The summed E-state index contributed by atoms with van der Waals surface area (Å²) in [5.74, 6) is -126. The molecule has 8 aromatic carbocycles. The van der Waals surface area contributed by atoms with Gasteiger partial charge in [0.2, 0.25) is 0 Å². The van der Waals surface area contributed by atoms with Gasteiger partial charge in [0.05, 0.1) is 0 Å². The molecule has 8 nitrogen and oxygen atoms in total. The molecular formula is C88H17F40N8P. The van der Waals surface area contributed by atoms with Crippen LogP contribution in [0.2, 0.25) is 0 Å². The van der Waals surface area contributed by atoms with E-state index < -0.39 is 429 Å². The molecule has 14 aromatic rings. The van der Waals surface area contributed by atoms with Crippen LogP contribution in [0.1, 0.15) is 78.7 Å². The van der Waals surface area contributed by atoms with E-state index in [9.17, 15) is 0 Å². The summed E-state index contributed by atoms with van der Waals surface area (Å²) >= 11 is 0. The molecule has 0 saturated heterocycles. The van der Waals surface area contributed by atoms with Crippen LogP contribution in [0.15, 0.2) is 117 Å². The molecule has 7 aliphatic rings. The van der Waals surface area contributed by atoms with Crippen LogP contribution in [-0.2, 0) is 0 Å². The van der Waals surface area contributed by atoms with Crippen molar-refractivity contribution in [2.24, 2.45) is 9.98 Å². The van der Waals surface area contributed by atoms with E-state index in [2.05, 4.69) is 15.0 Å². The Kier molecular flexibility index (Phi) is 18.6. The van der Waals surface area contributed by atoms with Gasteiger partial charge in [-0.1, -0.05) is 0 Å². The Hall–Kier alpha value is -15.4. The molecule has 0 aliphatic carbocycles. The molecule has 1 spiro atoms. The van der Waals surface area contributed by atoms with Crippen LogP contribution >= 0.6 is 7.06 Å². The van der Waals surface area contributed by atoms with Crippen LogP contribution in [0.3, 0.4) is 0 Å². The quantitative estimate of drug-likeness (QED) is 0.0586. The van der Waals surface area contributed by atoms with E-state index in [0.29, 0.717) is 0 Å². The summed E-state index contributed by atoms with van der Waals surface area (Å²) in [6.45, 7) is 0. The normalized spacial score (nSPS) is 15.6. The molecule has 137 heavy (non-hydrogen) atoms. The Bertz CT molecular complexity index is 8250. The summed E-state index contributed by atoms with van der Waals surface area (Å²) in [7, 11) is -8.56. The molecule has 0 atom stereocenters. The summed E-state index contributed by atoms with van der Waals surface area (Å²) < 4.78 is 677. The molecule has 694 valence electrons. The Morgan fingerprint density at radius 1 is 0.175 bits per heavy atom. The van der Waals surface area contributed by atoms with Gasteiger partial charge in [-0.25, -0.2) is 8.78 Å². The fourth-order valence-electron chi connectivity index (χ4n) is 18.6. The molecule has 0 radical (unpaired) electrons. The van der Waals surface area contributed by atoms with Crippen molar-refractivity contribution in [1.82, 2.24) is 28.0 Å². The number of H-pyrrole nitrogens is 3. The van der Waals surface area contributed by atoms with Gasteiger partial charge in [0.15, 0.2) is 0 Å². The Balaban J connectivity index is 1.14. The molecule has 6 aromatic heterocycles. The minimum atomic E-state index is -8.56. The van der Waals surface area contributed by atoms with E-state index in [1.807, 2.05) is 9.97 Å². The number of fused-ring (bicyclic) bond motifs is 8. The van der Waals surface area contributed by atoms with Gasteiger partial charge >= 0.3 is 718 Å². The predicted octanol–water partition coefficient (Wildman–Crippen LogP) is 19.8. The van der Waals surface area contributed by atoms with Crippen molar-refractivity contribution >= 4 is 63.1 Å².